The topological polar surface area (TPSA) is 30.7 Å². The Morgan fingerprint density at radius 2 is 1.60 bits per heavy atom. The van der Waals surface area contributed by atoms with Gasteiger partial charge in [0.1, 0.15) is 5.69 Å². The predicted octanol–water partition coefficient (Wildman–Crippen LogP) is 5.02. The maximum absolute atomic E-state index is 4.97. The summed E-state index contributed by atoms with van der Waals surface area (Å²) in [5, 5.41) is 6.12. The number of hydrogen-bond acceptors (Lipinski definition) is 2. The molecule has 0 aliphatic heterocycles. The highest BCUT2D eigenvalue weighted by Crippen LogP contribution is 2.30. The van der Waals surface area contributed by atoms with Crippen LogP contribution in [0.4, 0.5) is 0 Å². The van der Waals surface area contributed by atoms with Crippen LogP contribution in [0.3, 0.4) is 0 Å². The molecule has 0 saturated heterocycles. The van der Waals surface area contributed by atoms with E-state index in [1.165, 1.54) is 5.56 Å². The first-order valence-electron chi connectivity index (χ1n) is 8.72. The van der Waals surface area contributed by atoms with Gasteiger partial charge in [0, 0.05) is 22.3 Å². The SMILES string of the molecule is CCc1cc2c(c(C)n1)c(-c1ccccc1)nn2Cc1ccccc1. The zero-order chi connectivity index (χ0) is 17.2. The number of pyridine rings is 1. The van der Waals surface area contributed by atoms with Crippen LogP contribution in [0.25, 0.3) is 22.2 Å². The molecule has 3 nitrogen and oxygen atoms in total. The third-order valence-electron chi connectivity index (χ3n) is 4.55. The Kier molecular flexibility index (Phi) is 4.06. The summed E-state index contributed by atoms with van der Waals surface area (Å²) in [4.78, 5) is 4.77. The van der Waals surface area contributed by atoms with E-state index < -0.39 is 0 Å². The van der Waals surface area contributed by atoms with Crippen molar-refractivity contribution in [3.8, 4) is 11.3 Å². The maximum atomic E-state index is 4.97. The molecular formula is C22H21N3. The van der Waals surface area contributed by atoms with Gasteiger partial charge in [0.25, 0.3) is 0 Å². The second-order valence-electron chi connectivity index (χ2n) is 6.30. The molecule has 0 radical (unpaired) electrons. The number of aryl methyl sites for hydroxylation is 2. The third kappa shape index (κ3) is 2.93. The van der Waals surface area contributed by atoms with Crippen LogP contribution in [0.1, 0.15) is 23.9 Å². The fourth-order valence-electron chi connectivity index (χ4n) is 3.30. The van der Waals surface area contributed by atoms with E-state index in [-0.39, 0.29) is 0 Å². The van der Waals surface area contributed by atoms with Crippen molar-refractivity contribution in [2.24, 2.45) is 0 Å². The minimum atomic E-state index is 0.761. The van der Waals surface area contributed by atoms with Gasteiger partial charge in [0.05, 0.1) is 12.1 Å². The van der Waals surface area contributed by atoms with Crippen LogP contribution in [-0.4, -0.2) is 14.8 Å². The van der Waals surface area contributed by atoms with Gasteiger partial charge in [0.15, 0.2) is 0 Å². The van der Waals surface area contributed by atoms with Crippen LogP contribution >= 0.6 is 0 Å². The summed E-state index contributed by atoms with van der Waals surface area (Å²) in [6.07, 6.45) is 0.925. The molecule has 124 valence electrons. The first-order valence-corrected chi connectivity index (χ1v) is 8.72. The standard InChI is InChI=1S/C22H21N3/c1-3-19-14-20-21(16(2)23-19)22(18-12-8-5-9-13-18)24-25(20)15-17-10-6-4-7-11-17/h4-14H,3,15H2,1-2H3. The van der Waals surface area contributed by atoms with E-state index in [0.717, 1.165) is 46.5 Å². The average Bonchev–Trinajstić information content (AvgIpc) is 3.02. The molecule has 0 unspecified atom stereocenters. The van der Waals surface area contributed by atoms with Gasteiger partial charge in [-0.25, -0.2) is 0 Å². The van der Waals surface area contributed by atoms with E-state index >= 15 is 0 Å². The molecule has 0 amide bonds. The fraction of sp³-hybridized carbons (Fsp3) is 0.182. The smallest absolute Gasteiger partial charge is 0.102 e. The molecule has 0 spiro atoms. The zero-order valence-corrected chi connectivity index (χ0v) is 14.6. The van der Waals surface area contributed by atoms with Crippen LogP contribution in [0, 0.1) is 6.92 Å². The summed E-state index contributed by atoms with van der Waals surface area (Å²) < 4.78 is 2.11. The van der Waals surface area contributed by atoms with Gasteiger partial charge in [-0.2, -0.15) is 5.10 Å². The lowest BCUT2D eigenvalue weighted by atomic mass is 10.1. The minimum absolute atomic E-state index is 0.761. The minimum Gasteiger partial charge on any atom is -0.260 e. The van der Waals surface area contributed by atoms with E-state index in [0.29, 0.717) is 0 Å². The Morgan fingerprint density at radius 3 is 2.28 bits per heavy atom. The molecule has 0 N–H and O–H groups in total. The summed E-state index contributed by atoms with van der Waals surface area (Å²) in [6.45, 7) is 4.99. The summed E-state index contributed by atoms with van der Waals surface area (Å²) in [7, 11) is 0. The molecule has 2 aromatic heterocycles. The normalized spacial score (nSPS) is 11.1. The molecule has 0 aliphatic rings. The maximum Gasteiger partial charge on any atom is 0.102 e. The number of benzene rings is 2. The average molecular weight is 327 g/mol. The number of fused-ring (bicyclic) bond motifs is 1. The van der Waals surface area contributed by atoms with Crippen molar-refractivity contribution in [2.45, 2.75) is 26.8 Å². The van der Waals surface area contributed by atoms with E-state index in [9.17, 15) is 0 Å². The van der Waals surface area contributed by atoms with Crippen LogP contribution in [-0.2, 0) is 13.0 Å². The molecule has 0 fully saturated rings. The van der Waals surface area contributed by atoms with Crippen LogP contribution in [0.15, 0.2) is 66.7 Å². The lowest BCUT2D eigenvalue weighted by molar-refractivity contribution is 0.714. The lowest BCUT2D eigenvalue weighted by Crippen LogP contribution is -2.02. The quantitative estimate of drug-likeness (QED) is 0.527. The number of rotatable bonds is 4. The van der Waals surface area contributed by atoms with Crippen molar-refractivity contribution in [3.63, 3.8) is 0 Å². The molecule has 0 saturated carbocycles. The molecule has 0 atom stereocenters. The van der Waals surface area contributed by atoms with E-state index in [2.05, 4.69) is 73.1 Å². The van der Waals surface area contributed by atoms with Crippen LogP contribution in [0.2, 0.25) is 0 Å². The molecule has 2 heterocycles. The number of aromatic nitrogens is 3. The van der Waals surface area contributed by atoms with Gasteiger partial charge >= 0.3 is 0 Å². The Morgan fingerprint density at radius 1 is 0.920 bits per heavy atom. The third-order valence-corrected chi connectivity index (χ3v) is 4.55. The number of hydrogen-bond donors (Lipinski definition) is 0. The predicted molar refractivity (Wildman–Crippen MR) is 103 cm³/mol. The Labute approximate surface area is 148 Å². The van der Waals surface area contributed by atoms with Gasteiger partial charge in [0.2, 0.25) is 0 Å². The molecule has 4 rings (SSSR count). The van der Waals surface area contributed by atoms with Gasteiger partial charge < -0.3 is 0 Å². The van der Waals surface area contributed by atoms with Crippen molar-refractivity contribution in [3.05, 3.63) is 83.7 Å². The van der Waals surface area contributed by atoms with Crippen molar-refractivity contribution < 1.29 is 0 Å². The van der Waals surface area contributed by atoms with Crippen LogP contribution in [0.5, 0.6) is 0 Å². The van der Waals surface area contributed by atoms with Gasteiger partial charge in [-0.1, -0.05) is 67.6 Å². The summed E-state index contributed by atoms with van der Waals surface area (Å²) >= 11 is 0. The highest BCUT2D eigenvalue weighted by Gasteiger charge is 2.16. The zero-order valence-electron chi connectivity index (χ0n) is 14.6. The van der Waals surface area contributed by atoms with E-state index in [4.69, 9.17) is 10.1 Å². The summed E-state index contributed by atoms with van der Waals surface area (Å²) in [6, 6.07) is 23.0. The molecule has 3 heteroatoms. The fourth-order valence-corrected chi connectivity index (χ4v) is 3.30. The molecule has 0 aliphatic carbocycles. The Balaban J connectivity index is 1.94. The Hall–Kier alpha value is -2.94. The van der Waals surface area contributed by atoms with Gasteiger partial charge in [-0.15, -0.1) is 0 Å². The number of nitrogens with zero attached hydrogens (tertiary/aromatic N) is 3. The Bertz CT molecular complexity index is 1000. The van der Waals surface area contributed by atoms with E-state index in [1.807, 2.05) is 12.1 Å². The molecule has 4 aromatic rings. The molecule has 25 heavy (non-hydrogen) atoms. The van der Waals surface area contributed by atoms with Gasteiger partial charge in [-0.3, -0.25) is 9.67 Å². The second-order valence-corrected chi connectivity index (χ2v) is 6.30. The largest absolute Gasteiger partial charge is 0.260 e. The van der Waals surface area contributed by atoms with E-state index in [1.54, 1.807) is 0 Å². The van der Waals surface area contributed by atoms with Crippen molar-refractivity contribution >= 4 is 10.9 Å². The lowest BCUT2D eigenvalue weighted by Gasteiger charge is -2.06. The van der Waals surface area contributed by atoms with Crippen molar-refractivity contribution in [1.29, 1.82) is 0 Å². The highest BCUT2D eigenvalue weighted by atomic mass is 15.3. The summed E-state index contributed by atoms with van der Waals surface area (Å²) in [5.41, 5.74) is 6.71. The van der Waals surface area contributed by atoms with Crippen molar-refractivity contribution in [1.82, 2.24) is 14.8 Å². The second kappa shape index (κ2) is 6.52. The van der Waals surface area contributed by atoms with Crippen molar-refractivity contribution in [2.75, 3.05) is 0 Å². The summed E-state index contributed by atoms with van der Waals surface area (Å²) in [5.74, 6) is 0. The first kappa shape index (κ1) is 15.6. The molecule has 2 aromatic carbocycles. The van der Waals surface area contributed by atoms with Crippen LogP contribution < -0.4 is 0 Å². The first-order chi connectivity index (χ1) is 12.3. The highest BCUT2D eigenvalue weighted by molar-refractivity contribution is 5.95. The molecular weight excluding hydrogens is 306 g/mol. The molecule has 0 bridgehead atoms. The van der Waals surface area contributed by atoms with Gasteiger partial charge in [-0.05, 0) is 25.0 Å². The monoisotopic (exact) mass is 327 g/mol.